The number of amides is 3. The molecule has 1 aromatic carbocycles. The van der Waals surface area contributed by atoms with Crippen molar-refractivity contribution in [1.29, 1.82) is 0 Å². The van der Waals surface area contributed by atoms with Crippen molar-refractivity contribution in [2.24, 2.45) is 0 Å². The lowest BCUT2D eigenvalue weighted by Crippen LogP contribution is -2.60. The maximum atomic E-state index is 12.6. The van der Waals surface area contributed by atoms with E-state index in [1.807, 2.05) is 30.3 Å². The van der Waals surface area contributed by atoms with Gasteiger partial charge in [0.15, 0.2) is 6.10 Å². The minimum atomic E-state index is -1.15. The third-order valence-corrected chi connectivity index (χ3v) is 4.55. The van der Waals surface area contributed by atoms with Crippen molar-refractivity contribution >= 4 is 17.9 Å². The molecule has 0 radical (unpaired) electrons. The molecule has 3 amide bonds. The molecule has 8 heteroatoms. The fourth-order valence-corrected chi connectivity index (χ4v) is 3.05. The first kappa shape index (κ1) is 19.7. The highest BCUT2D eigenvalue weighted by Crippen LogP contribution is 2.29. The number of hydrogen-bond donors (Lipinski definition) is 4. The number of hydrogen-bond acceptors (Lipinski definition) is 4. The van der Waals surface area contributed by atoms with E-state index in [9.17, 15) is 14.4 Å². The van der Waals surface area contributed by atoms with Gasteiger partial charge in [-0.25, -0.2) is 9.59 Å². The highest BCUT2D eigenvalue weighted by atomic mass is 16.5. The van der Waals surface area contributed by atoms with Gasteiger partial charge in [-0.1, -0.05) is 43.2 Å². The van der Waals surface area contributed by atoms with E-state index in [-0.39, 0.29) is 12.5 Å². The third kappa shape index (κ3) is 5.19. The molecule has 26 heavy (non-hydrogen) atoms. The Morgan fingerprint density at radius 2 is 1.81 bits per heavy atom. The van der Waals surface area contributed by atoms with Crippen LogP contribution < -0.4 is 16.0 Å². The zero-order valence-corrected chi connectivity index (χ0v) is 14.8. The topological polar surface area (TPSA) is 117 Å². The molecule has 1 aliphatic rings. The van der Waals surface area contributed by atoms with Crippen LogP contribution in [0.4, 0.5) is 4.79 Å². The van der Waals surface area contributed by atoms with Crippen LogP contribution in [-0.4, -0.2) is 48.3 Å². The van der Waals surface area contributed by atoms with E-state index in [2.05, 4.69) is 16.0 Å². The summed E-state index contributed by atoms with van der Waals surface area (Å²) in [6.07, 6.45) is 1.55. The van der Waals surface area contributed by atoms with Crippen LogP contribution in [0.2, 0.25) is 0 Å². The first-order valence-electron chi connectivity index (χ1n) is 8.61. The van der Waals surface area contributed by atoms with Crippen molar-refractivity contribution < 1.29 is 24.2 Å². The van der Waals surface area contributed by atoms with Gasteiger partial charge in [0.05, 0.1) is 6.54 Å². The van der Waals surface area contributed by atoms with Crippen LogP contribution in [0.5, 0.6) is 0 Å². The number of carboxylic acids is 1. The zero-order valence-electron chi connectivity index (χ0n) is 14.8. The largest absolute Gasteiger partial charge is 0.479 e. The predicted molar refractivity (Wildman–Crippen MR) is 94.5 cm³/mol. The van der Waals surface area contributed by atoms with Gasteiger partial charge >= 0.3 is 12.0 Å². The average Bonchev–Trinajstić information content (AvgIpc) is 3.10. The van der Waals surface area contributed by atoms with Crippen molar-refractivity contribution in [1.82, 2.24) is 16.0 Å². The number of rotatable bonds is 8. The van der Waals surface area contributed by atoms with Crippen LogP contribution in [0.25, 0.3) is 0 Å². The lowest BCUT2D eigenvalue weighted by molar-refractivity contribution is -0.148. The molecule has 8 nitrogen and oxygen atoms in total. The van der Waals surface area contributed by atoms with Crippen LogP contribution in [0.1, 0.15) is 31.2 Å². The Bertz CT molecular complexity index is 629. The van der Waals surface area contributed by atoms with E-state index >= 15 is 0 Å². The summed E-state index contributed by atoms with van der Waals surface area (Å²) in [5.74, 6) is -1.53. The average molecular weight is 363 g/mol. The van der Waals surface area contributed by atoms with Crippen molar-refractivity contribution in [3.05, 3.63) is 35.9 Å². The molecule has 1 unspecified atom stereocenters. The van der Waals surface area contributed by atoms with E-state index in [0.717, 1.165) is 18.4 Å². The van der Waals surface area contributed by atoms with E-state index in [1.165, 1.54) is 7.11 Å². The normalized spacial score (nSPS) is 16.5. The lowest BCUT2D eigenvalue weighted by atomic mass is 9.96. The van der Waals surface area contributed by atoms with Crippen LogP contribution in [-0.2, 0) is 20.9 Å². The number of ether oxygens (including phenoxy) is 1. The van der Waals surface area contributed by atoms with E-state index in [4.69, 9.17) is 9.84 Å². The quantitative estimate of drug-likeness (QED) is 0.550. The second-order valence-corrected chi connectivity index (χ2v) is 6.36. The molecule has 1 aromatic rings. The highest BCUT2D eigenvalue weighted by Gasteiger charge is 2.42. The maximum absolute atomic E-state index is 12.6. The van der Waals surface area contributed by atoms with Gasteiger partial charge in [-0.2, -0.15) is 0 Å². The molecule has 0 saturated heterocycles. The van der Waals surface area contributed by atoms with Crippen molar-refractivity contribution in [3.63, 3.8) is 0 Å². The summed E-state index contributed by atoms with van der Waals surface area (Å²) in [7, 11) is 1.27. The third-order valence-electron chi connectivity index (χ3n) is 4.55. The molecule has 1 saturated carbocycles. The second kappa shape index (κ2) is 9.19. The molecule has 4 N–H and O–H groups in total. The Labute approximate surface area is 152 Å². The number of aliphatic carboxylic acids is 1. The summed E-state index contributed by atoms with van der Waals surface area (Å²) in [5, 5.41) is 17.1. The van der Waals surface area contributed by atoms with Crippen LogP contribution in [0, 0.1) is 0 Å². The SMILES string of the molecule is COC(CNC(=O)C1(NC(=O)NCc2ccccc2)CCCC1)C(=O)O. The second-order valence-electron chi connectivity index (χ2n) is 6.36. The van der Waals surface area contributed by atoms with E-state index in [0.29, 0.717) is 19.4 Å². The number of methoxy groups -OCH3 is 1. The summed E-state index contributed by atoms with van der Waals surface area (Å²) in [6.45, 7) is 0.203. The molecular weight excluding hydrogens is 338 g/mol. The lowest BCUT2D eigenvalue weighted by Gasteiger charge is -2.29. The highest BCUT2D eigenvalue weighted by molar-refractivity contribution is 5.91. The maximum Gasteiger partial charge on any atom is 0.334 e. The number of urea groups is 1. The first-order chi connectivity index (χ1) is 12.5. The first-order valence-corrected chi connectivity index (χ1v) is 8.61. The summed E-state index contributed by atoms with van der Waals surface area (Å²) in [5.41, 5.74) is -0.0608. The Hall–Kier alpha value is -2.61. The van der Waals surface area contributed by atoms with Crippen molar-refractivity contribution in [2.75, 3.05) is 13.7 Å². The zero-order chi connectivity index (χ0) is 19.0. The van der Waals surface area contributed by atoms with Crippen LogP contribution in [0.15, 0.2) is 30.3 Å². The minimum absolute atomic E-state index is 0.153. The molecular formula is C18H25N3O5. The van der Waals surface area contributed by atoms with E-state index < -0.39 is 23.6 Å². The Morgan fingerprint density at radius 3 is 2.38 bits per heavy atom. The van der Waals surface area contributed by atoms with Gasteiger partial charge < -0.3 is 25.8 Å². The monoisotopic (exact) mass is 363 g/mol. The number of carbonyl (C=O) groups is 3. The summed E-state index contributed by atoms with van der Waals surface area (Å²) in [4.78, 5) is 35.9. The molecule has 1 fully saturated rings. The molecule has 0 heterocycles. The molecule has 0 bridgehead atoms. The van der Waals surface area contributed by atoms with Gasteiger partial charge in [0, 0.05) is 13.7 Å². The summed E-state index contributed by atoms with van der Waals surface area (Å²) >= 11 is 0. The number of carboxylic acid groups (broad SMARTS) is 1. The minimum Gasteiger partial charge on any atom is -0.479 e. The Balaban J connectivity index is 1.92. The van der Waals surface area contributed by atoms with Gasteiger partial charge in [0.25, 0.3) is 0 Å². The molecule has 0 aromatic heterocycles. The molecule has 1 atom stereocenters. The van der Waals surface area contributed by atoms with Gasteiger partial charge in [0.2, 0.25) is 5.91 Å². The van der Waals surface area contributed by atoms with Gasteiger partial charge in [0.1, 0.15) is 5.54 Å². The Morgan fingerprint density at radius 1 is 1.15 bits per heavy atom. The van der Waals surface area contributed by atoms with Gasteiger partial charge in [-0.15, -0.1) is 0 Å². The fraction of sp³-hybridized carbons (Fsp3) is 0.500. The molecule has 2 rings (SSSR count). The van der Waals surface area contributed by atoms with Crippen LogP contribution >= 0.6 is 0 Å². The summed E-state index contributed by atoms with van der Waals surface area (Å²) in [6, 6.07) is 9.04. The van der Waals surface area contributed by atoms with Gasteiger partial charge in [-0.05, 0) is 18.4 Å². The fourth-order valence-electron chi connectivity index (χ4n) is 3.05. The molecule has 0 aliphatic heterocycles. The number of benzene rings is 1. The Kier molecular flexibility index (Phi) is 6.97. The van der Waals surface area contributed by atoms with E-state index in [1.54, 1.807) is 0 Å². The van der Waals surface area contributed by atoms with Crippen molar-refractivity contribution in [2.45, 2.75) is 43.9 Å². The molecule has 0 spiro atoms. The smallest absolute Gasteiger partial charge is 0.334 e. The van der Waals surface area contributed by atoms with Crippen LogP contribution in [0.3, 0.4) is 0 Å². The standard InChI is InChI=1S/C18H25N3O5/c1-26-14(15(22)23)12-19-16(24)18(9-5-6-10-18)21-17(25)20-11-13-7-3-2-4-8-13/h2-4,7-8,14H,5-6,9-12H2,1H3,(H,19,24)(H,22,23)(H2,20,21,25). The van der Waals surface area contributed by atoms with Gasteiger partial charge in [-0.3, -0.25) is 4.79 Å². The number of nitrogens with one attached hydrogen (secondary N) is 3. The molecule has 142 valence electrons. The predicted octanol–water partition coefficient (Wildman–Crippen LogP) is 1.01. The molecule has 1 aliphatic carbocycles. The number of carbonyl (C=O) groups excluding carboxylic acids is 2. The van der Waals surface area contributed by atoms with Crippen molar-refractivity contribution in [3.8, 4) is 0 Å². The summed E-state index contributed by atoms with van der Waals surface area (Å²) < 4.78 is 4.81.